The summed E-state index contributed by atoms with van der Waals surface area (Å²) in [6, 6.07) is 2.69. The van der Waals surface area contributed by atoms with E-state index >= 15 is 0 Å². The molecule has 2 aromatic heterocycles. The fourth-order valence-corrected chi connectivity index (χ4v) is 1.94. The van der Waals surface area contributed by atoms with Gasteiger partial charge in [0.2, 0.25) is 0 Å². The second-order valence-corrected chi connectivity index (χ2v) is 4.26. The molecule has 0 fully saturated rings. The molecule has 17 heavy (non-hydrogen) atoms. The normalized spacial score (nSPS) is 10.2. The molecule has 2 rings (SSSR count). The Hall–Kier alpha value is -2.22. The van der Waals surface area contributed by atoms with Gasteiger partial charge in [-0.25, -0.2) is 10.1 Å². The molecule has 0 atom stereocenters. The fourth-order valence-electron chi connectivity index (χ4n) is 1.22. The first-order valence-electron chi connectivity index (χ1n) is 4.66. The van der Waals surface area contributed by atoms with Crippen molar-refractivity contribution < 1.29 is 4.79 Å². The molecule has 2 aromatic rings. The predicted octanol–water partition coefficient (Wildman–Crippen LogP) is 0.369. The van der Waals surface area contributed by atoms with Gasteiger partial charge in [0.05, 0.1) is 5.69 Å². The van der Waals surface area contributed by atoms with Crippen molar-refractivity contribution in [2.45, 2.75) is 6.92 Å². The van der Waals surface area contributed by atoms with Gasteiger partial charge in [-0.1, -0.05) is 11.3 Å². The number of hydrogen-bond donors (Lipinski definition) is 3. The first kappa shape index (κ1) is 11.3. The number of amides is 1. The van der Waals surface area contributed by atoms with Gasteiger partial charge < -0.3 is 11.1 Å². The minimum atomic E-state index is -0.351. The van der Waals surface area contributed by atoms with Gasteiger partial charge in [-0.15, -0.1) is 0 Å². The van der Waals surface area contributed by atoms with Crippen molar-refractivity contribution in [1.82, 2.24) is 15.2 Å². The highest BCUT2D eigenvalue weighted by molar-refractivity contribution is 7.17. The lowest BCUT2D eigenvalue weighted by atomic mass is 10.3. The van der Waals surface area contributed by atoms with Crippen LogP contribution in [0.5, 0.6) is 0 Å². The fraction of sp³-hybridized carbons (Fsp3) is 0.111. The lowest BCUT2D eigenvalue weighted by Gasteiger charge is -2.01. The number of thiazole rings is 1. The van der Waals surface area contributed by atoms with E-state index in [1.807, 2.05) is 0 Å². The number of aromatic nitrogens is 3. The number of anilines is 2. The molecule has 0 aliphatic carbocycles. The average Bonchev–Trinajstić information content (AvgIpc) is 2.61. The van der Waals surface area contributed by atoms with Crippen molar-refractivity contribution in [2.24, 2.45) is 0 Å². The molecule has 0 aliphatic heterocycles. The zero-order valence-corrected chi connectivity index (χ0v) is 9.67. The number of carbonyl (C=O) groups excluding carboxylic acids is 1. The summed E-state index contributed by atoms with van der Waals surface area (Å²) in [5.74, 6) is -0.0859. The van der Waals surface area contributed by atoms with Crippen LogP contribution in [-0.2, 0) is 0 Å². The summed E-state index contributed by atoms with van der Waals surface area (Å²) >= 11 is 1.10. The molecule has 4 N–H and O–H groups in total. The maximum Gasteiger partial charge on any atom is 0.268 e. The van der Waals surface area contributed by atoms with Crippen molar-refractivity contribution in [3.05, 3.63) is 33.1 Å². The Balaban J connectivity index is 2.19. The number of hydrogen-bond acceptors (Lipinski definition) is 6. The summed E-state index contributed by atoms with van der Waals surface area (Å²) in [4.78, 5) is 27.0. The highest BCUT2D eigenvalue weighted by Gasteiger charge is 2.14. The van der Waals surface area contributed by atoms with E-state index < -0.39 is 0 Å². The molecule has 0 radical (unpaired) electrons. The van der Waals surface area contributed by atoms with E-state index in [-0.39, 0.29) is 17.3 Å². The van der Waals surface area contributed by atoms with Crippen molar-refractivity contribution in [3.63, 3.8) is 0 Å². The van der Waals surface area contributed by atoms with Gasteiger partial charge in [-0.3, -0.25) is 9.59 Å². The van der Waals surface area contributed by atoms with E-state index in [0.29, 0.717) is 15.7 Å². The van der Waals surface area contributed by atoms with Gasteiger partial charge >= 0.3 is 0 Å². The summed E-state index contributed by atoms with van der Waals surface area (Å²) in [7, 11) is 0. The Kier molecular flexibility index (Phi) is 2.88. The van der Waals surface area contributed by atoms with E-state index in [1.165, 1.54) is 12.1 Å². The molecular formula is C9H9N5O2S. The minimum absolute atomic E-state index is 0.265. The number of carbonyl (C=O) groups is 1. The molecule has 0 unspecified atom stereocenters. The molecule has 1 amide bonds. The molecule has 0 bridgehead atoms. The summed E-state index contributed by atoms with van der Waals surface area (Å²) in [6.45, 7) is 1.70. The SMILES string of the molecule is Cc1nc(N)sc1C(=O)Nc1ccc(=O)[nH]n1. The average molecular weight is 251 g/mol. The molecule has 0 spiro atoms. The maximum absolute atomic E-state index is 11.8. The van der Waals surface area contributed by atoms with Crippen LogP contribution in [0.4, 0.5) is 10.9 Å². The molecule has 8 heteroatoms. The van der Waals surface area contributed by atoms with Gasteiger partial charge in [0.25, 0.3) is 11.5 Å². The number of aromatic amines is 1. The molecule has 88 valence electrons. The smallest absolute Gasteiger partial charge is 0.268 e. The van der Waals surface area contributed by atoms with Crippen molar-refractivity contribution in [2.75, 3.05) is 11.1 Å². The summed E-state index contributed by atoms with van der Waals surface area (Å²) in [6.07, 6.45) is 0. The first-order chi connectivity index (χ1) is 8.06. The molecule has 0 saturated heterocycles. The Morgan fingerprint density at radius 3 is 2.82 bits per heavy atom. The Morgan fingerprint density at radius 2 is 2.29 bits per heavy atom. The number of aryl methyl sites for hydroxylation is 1. The number of rotatable bonds is 2. The van der Waals surface area contributed by atoms with E-state index in [0.717, 1.165) is 11.3 Å². The van der Waals surface area contributed by atoms with Crippen LogP contribution in [0.25, 0.3) is 0 Å². The third-order valence-electron chi connectivity index (χ3n) is 1.94. The second kappa shape index (κ2) is 4.34. The minimum Gasteiger partial charge on any atom is -0.375 e. The molecule has 7 nitrogen and oxygen atoms in total. The van der Waals surface area contributed by atoms with Crippen LogP contribution in [0.1, 0.15) is 15.4 Å². The van der Waals surface area contributed by atoms with Crippen LogP contribution in [-0.4, -0.2) is 21.1 Å². The molecule has 0 aliphatic rings. The van der Waals surface area contributed by atoms with Gasteiger partial charge in [-0.2, -0.15) is 5.10 Å². The Morgan fingerprint density at radius 1 is 1.53 bits per heavy atom. The second-order valence-electron chi connectivity index (χ2n) is 3.23. The maximum atomic E-state index is 11.8. The topological polar surface area (TPSA) is 114 Å². The number of nitrogens with zero attached hydrogens (tertiary/aromatic N) is 2. The predicted molar refractivity (Wildman–Crippen MR) is 64.1 cm³/mol. The Labute approximate surface area is 99.7 Å². The van der Waals surface area contributed by atoms with Gasteiger partial charge in [0.15, 0.2) is 10.9 Å². The lowest BCUT2D eigenvalue weighted by molar-refractivity contribution is 0.102. The molecular weight excluding hydrogens is 242 g/mol. The zero-order valence-electron chi connectivity index (χ0n) is 8.85. The quantitative estimate of drug-likeness (QED) is 0.713. The van der Waals surface area contributed by atoms with Gasteiger partial charge in [0.1, 0.15) is 4.88 Å². The van der Waals surface area contributed by atoms with Crippen molar-refractivity contribution >= 4 is 28.2 Å². The van der Waals surface area contributed by atoms with Crippen LogP contribution < -0.4 is 16.6 Å². The van der Waals surface area contributed by atoms with E-state index in [1.54, 1.807) is 6.92 Å². The van der Waals surface area contributed by atoms with Gasteiger partial charge in [0, 0.05) is 6.07 Å². The van der Waals surface area contributed by atoms with Crippen LogP contribution in [0.15, 0.2) is 16.9 Å². The zero-order chi connectivity index (χ0) is 12.4. The Bertz CT molecular complexity index is 598. The first-order valence-corrected chi connectivity index (χ1v) is 5.48. The highest BCUT2D eigenvalue weighted by atomic mass is 32.1. The molecule has 0 aromatic carbocycles. The number of nitrogens with one attached hydrogen (secondary N) is 2. The summed E-state index contributed by atoms with van der Waals surface area (Å²) < 4.78 is 0. The van der Waals surface area contributed by atoms with E-state index in [9.17, 15) is 9.59 Å². The lowest BCUT2D eigenvalue weighted by Crippen LogP contribution is -2.15. The summed E-state index contributed by atoms with van der Waals surface area (Å²) in [5.41, 5.74) is 5.73. The van der Waals surface area contributed by atoms with Crippen LogP contribution in [0, 0.1) is 6.92 Å². The number of nitrogen functional groups attached to an aromatic ring is 1. The molecule has 0 saturated carbocycles. The van der Waals surface area contributed by atoms with Gasteiger partial charge in [-0.05, 0) is 13.0 Å². The number of nitrogens with two attached hydrogens (primary N) is 1. The van der Waals surface area contributed by atoms with E-state index in [2.05, 4.69) is 20.5 Å². The highest BCUT2D eigenvalue weighted by Crippen LogP contribution is 2.20. The van der Waals surface area contributed by atoms with Crippen molar-refractivity contribution in [3.8, 4) is 0 Å². The third-order valence-corrected chi connectivity index (χ3v) is 2.93. The van der Waals surface area contributed by atoms with Crippen molar-refractivity contribution in [1.29, 1.82) is 0 Å². The standard InChI is InChI=1S/C9H9N5O2S/c1-4-7(17-9(10)11-4)8(16)12-5-2-3-6(15)14-13-5/h2-3H,1H3,(H2,10,11)(H,14,15)(H,12,13,16). The van der Waals surface area contributed by atoms with Crippen LogP contribution >= 0.6 is 11.3 Å². The summed E-state index contributed by atoms with van der Waals surface area (Å²) in [5, 5.41) is 8.75. The van der Waals surface area contributed by atoms with Crippen LogP contribution in [0.3, 0.4) is 0 Å². The third kappa shape index (κ3) is 2.48. The monoisotopic (exact) mass is 251 g/mol. The van der Waals surface area contributed by atoms with E-state index in [4.69, 9.17) is 5.73 Å². The number of H-pyrrole nitrogens is 1. The molecule has 2 heterocycles. The van der Waals surface area contributed by atoms with Crippen LogP contribution in [0.2, 0.25) is 0 Å². The largest absolute Gasteiger partial charge is 0.375 e.